The largest absolute Gasteiger partial charge is 0.465 e. The van der Waals surface area contributed by atoms with Crippen LogP contribution < -0.4 is 5.43 Å². The molecule has 1 aliphatic heterocycles. The normalized spacial score (nSPS) is 20.3. The molecule has 1 amide bonds. The number of likely N-dealkylation sites (tertiary alicyclic amines) is 1. The van der Waals surface area contributed by atoms with Crippen molar-refractivity contribution < 1.29 is 19.1 Å². The third kappa shape index (κ3) is 5.99. The highest BCUT2D eigenvalue weighted by molar-refractivity contribution is 5.75. The first-order valence-corrected chi connectivity index (χ1v) is 8.29. The quantitative estimate of drug-likeness (QED) is 0.612. The van der Waals surface area contributed by atoms with Crippen molar-refractivity contribution >= 4 is 12.1 Å². The average molecular weight is 329 g/mol. The number of hydrogen-bond acceptors (Lipinski definition) is 6. The third-order valence-electron chi connectivity index (χ3n) is 3.74. The molecule has 7 heteroatoms. The predicted octanol–water partition coefficient (Wildman–Crippen LogP) is 1.77. The van der Waals surface area contributed by atoms with Crippen LogP contribution in [0.2, 0.25) is 0 Å². The standard InChI is InChI=1S/C16H31N3O4/c1-7-22-14(20)12(2)19(17-6)13-9-8-10-18(11-13)15(21)23-16(3,4)5/h12-13,17H,7-11H2,1-6H3/t12?,13-/m1/s1. The summed E-state index contributed by atoms with van der Waals surface area (Å²) in [5, 5.41) is 1.87. The van der Waals surface area contributed by atoms with E-state index in [9.17, 15) is 9.59 Å². The summed E-state index contributed by atoms with van der Waals surface area (Å²) in [4.78, 5) is 25.9. The van der Waals surface area contributed by atoms with E-state index in [2.05, 4.69) is 5.43 Å². The maximum atomic E-state index is 12.2. The van der Waals surface area contributed by atoms with E-state index in [1.807, 2.05) is 25.8 Å². The van der Waals surface area contributed by atoms with E-state index in [0.717, 1.165) is 12.8 Å². The Morgan fingerprint density at radius 2 is 2.04 bits per heavy atom. The summed E-state index contributed by atoms with van der Waals surface area (Å²) in [5.74, 6) is -0.267. The molecule has 0 aromatic rings. The first kappa shape index (κ1) is 19.7. The van der Waals surface area contributed by atoms with E-state index >= 15 is 0 Å². The molecule has 2 atom stereocenters. The Bertz CT molecular complexity index is 409. The Morgan fingerprint density at radius 1 is 1.39 bits per heavy atom. The van der Waals surface area contributed by atoms with Crippen molar-refractivity contribution in [1.82, 2.24) is 15.3 Å². The summed E-state index contributed by atoms with van der Waals surface area (Å²) >= 11 is 0. The summed E-state index contributed by atoms with van der Waals surface area (Å²) < 4.78 is 10.5. The van der Waals surface area contributed by atoms with Gasteiger partial charge in [0.25, 0.3) is 0 Å². The monoisotopic (exact) mass is 329 g/mol. The average Bonchev–Trinajstić information content (AvgIpc) is 2.46. The highest BCUT2D eigenvalue weighted by Crippen LogP contribution is 2.19. The number of rotatable bonds is 5. The lowest BCUT2D eigenvalue weighted by atomic mass is 10.0. The molecule has 1 aliphatic rings. The zero-order chi connectivity index (χ0) is 17.6. The molecule has 1 N–H and O–H groups in total. The van der Waals surface area contributed by atoms with Gasteiger partial charge in [0.15, 0.2) is 0 Å². The summed E-state index contributed by atoms with van der Waals surface area (Å²) in [5.41, 5.74) is 2.56. The minimum absolute atomic E-state index is 0.0423. The van der Waals surface area contributed by atoms with Gasteiger partial charge in [0, 0.05) is 19.1 Å². The molecule has 0 aromatic carbocycles. The van der Waals surface area contributed by atoms with Gasteiger partial charge in [-0.3, -0.25) is 10.2 Å². The molecule has 1 rings (SSSR count). The van der Waals surface area contributed by atoms with Crippen LogP contribution in [0.5, 0.6) is 0 Å². The molecule has 1 unspecified atom stereocenters. The van der Waals surface area contributed by atoms with Crippen LogP contribution in [0.4, 0.5) is 4.79 Å². The van der Waals surface area contributed by atoms with E-state index in [1.54, 1.807) is 25.8 Å². The lowest BCUT2D eigenvalue weighted by Crippen LogP contribution is -2.58. The summed E-state index contributed by atoms with van der Waals surface area (Å²) in [6, 6.07) is -0.371. The number of carbonyl (C=O) groups is 2. The van der Waals surface area contributed by atoms with Gasteiger partial charge < -0.3 is 14.4 Å². The summed E-state index contributed by atoms with van der Waals surface area (Å²) in [6.45, 7) is 10.7. The molecule has 0 radical (unpaired) electrons. The van der Waals surface area contributed by atoms with E-state index in [0.29, 0.717) is 19.7 Å². The highest BCUT2D eigenvalue weighted by atomic mass is 16.6. The van der Waals surface area contributed by atoms with Crippen molar-refractivity contribution in [3.05, 3.63) is 0 Å². The van der Waals surface area contributed by atoms with E-state index in [-0.39, 0.29) is 18.1 Å². The third-order valence-corrected chi connectivity index (χ3v) is 3.74. The Labute approximate surface area is 139 Å². The number of nitrogens with one attached hydrogen (secondary N) is 1. The van der Waals surface area contributed by atoms with Crippen molar-refractivity contribution in [2.45, 2.75) is 65.1 Å². The second-order valence-corrected chi connectivity index (χ2v) is 6.78. The van der Waals surface area contributed by atoms with Crippen LogP contribution in [-0.4, -0.2) is 66.4 Å². The van der Waals surface area contributed by atoms with Crippen molar-refractivity contribution in [3.8, 4) is 0 Å². The maximum Gasteiger partial charge on any atom is 0.410 e. The molecule has 0 spiro atoms. The lowest BCUT2D eigenvalue weighted by molar-refractivity contribution is -0.152. The van der Waals surface area contributed by atoms with Gasteiger partial charge in [-0.15, -0.1) is 0 Å². The Hall–Kier alpha value is -1.34. The van der Waals surface area contributed by atoms with Gasteiger partial charge >= 0.3 is 12.1 Å². The van der Waals surface area contributed by atoms with Gasteiger partial charge in [-0.05, 0) is 54.5 Å². The van der Waals surface area contributed by atoms with Crippen molar-refractivity contribution in [3.63, 3.8) is 0 Å². The lowest BCUT2D eigenvalue weighted by Gasteiger charge is -2.40. The SMILES string of the molecule is CCOC(=O)C(C)N(NC)[C@@H]1CCCN(C(=O)OC(C)(C)C)C1. The maximum absolute atomic E-state index is 12.2. The summed E-state index contributed by atoms with van der Waals surface area (Å²) in [7, 11) is 1.78. The first-order valence-electron chi connectivity index (χ1n) is 8.29. The molecule has 23 heavy (non-hydrogen) atoms. The second kappa shape index (κ2) is 8.49. The van der Waals surface area contributed by atoms with Crippen molar-refractivity contribution in [2.75, 3.05) is 26.7 Å². The smallest absolute Gasteiger partial charge is 0.410 e. The number of amides is 1. The topological polar surface area (TPSA) is 71.1 Å². The Kier molecular flexibility index (Phi) is 7.28. The van der Waals surface area contributed by atoms with E-state index in [1.165, 1.54) is 0 Å². The van der Waals surface area contributed by atoms with E-state index in [4.69, 9.17) is 9.47 Å². The van der Waals surface area contributed by atoms with Gasteiger partial charge in [0.05, 0.1) is 6.61 Å². The Balaban J connectivity index is 2.71. The van der Waals surface area contributed by atoms with Gasteiger partial charge in [0.1, 0.15) is 11.6 Å². The van der Waals surface area contributed by atoms with Crippen molar-refractivity contribution in [1.29, 1.82) is 0 Å². The number of piperidine rings is 1. The van der Waals surface area contributed by atoms with Gasteiger partial charge in [-0.1, -0.05) is 0 Å². The number of ether oxygens (including phenoxy) is 2. The number of esters is 1. The van der Waals surface area contributed by atoms with Crippen LogP contribution in [0.25, 0.3) is 0 Å². The zero-order valence-corrected chi connectivity index (χ0v) is 15.2. The number of nitrogens with zero attached hydrogens (tertiary/aromatic N) is 2. The van der Waals surface area contributed by atoms with Crippen LogP contribution in [0.1, 0.15) is 47.5 Å². The molecule has 0 saturated carbocycles. The molecule has 1 fully saturated rings. The minimum Gasteiger partial charge on any atom is -0.465 e. The molecule has 1 heterocycles. The van der Waals surface area contributed by atoms with Crippen molar-refractivity contribution in [2.24, 2.45) is 0 Å². The van der Waals surface area contributed by atoms with Crippen LogP contribution in [0.15, 0.2) is 0 Å². The van der Waals surface area contributed by atoms with Crippen LogP contribution in [-0.2, 0) is 14.3 Å². The molecule has 1 saturated heterocycles. The fraction of sp³-hybridized carbons (Fsp3) is 0.875. The fourth-order valence-corrected chi connectivity index (χ4v) is 2.74. The summed E-state index contributed by atoms with van der Waals surface area (Å²) in [6.07, 6.45) is 1.48. The fourth-order valence-electron chi connectivity index (χ4n) is 2.74. The zero-order valence-electron chi connectivity index (χ0n) is 15.2. The van der Waals surface area contributed by atoms with Gasteiger partial charge in [-0.2, -0.15) is 0 Å². The van der Waals surface area contributed by atoms with E-state index < -0.39 is 11.6 Å². The van der Waals surface area contributed by atoms with Gasteiger partial charge in [-0.25, -0.2) is 9.80 Å². The van der Waals surface area contributed by atoms with Crippen LogP contribution in [0.3, 0.4) is 0 Å². The molecular formula is C16H31N3O4. The molecule has 0 aromatic heterocycles. The van der Waals surface area contributed by atoms with Gasteiger partial charge in [0.2, 0.25) is 0 Å². The first-order chi connectivity index (χ1) is 10.7. The second-order valence-electron chi connectivity index (χ2n) is 6.78. The number of hydrazine groups is 1. The number of hydrogen-bond donors (Lipinski definition) is 1. The van der Waals surface area contributed by atoms with Crippen LogP contribution in [0, 0.1) is 0 Å². The molecule has 7 nitrogen and oxygen atoms in total. The molecular weight excluding hydrogens is 298 g/mol. The molecule has 0 aliphatic carbocycles. The molecule has 134 valence electrons. The van der Waals surface area contributed by atoms with Crippen LogP contribution >= 0.6 is 0 Å². The highest BCUT2D eigenvalue weighted by Gasteiger charge is 2.34. The predicted molar refractivity (Wildman–Crippen MR) is 87.8 cm³/mol. The number of carbonyl (C=O) groups excluding carboxylic acids is 2. The Morgan fingerprint density at radius 3 is 2.57 bits per heavy atom. The molecule has 0 bridgehead atoms. The minimum atomic E-state index is -0.509.